The van der Waals surface area contributed by atoms with E-state index in [1.807, 2.05) is 0 Å². The average molecular weight is 282 g/mol. The van der Waals surface area contributed by atoms with Crippen LogP contribution in [0.5, 0.6) is 0 Å². The standard InChI is InChI=1S/C14H16ClNO3/c1-19-14(18)11-3-2-8-16(9-11)13(17)10-4-6-12(15)7-5-10/h4-7,11H,2-3,8-9H2,1H3/t11-/m0/s1. The van der Waals surface area contributed by atoms with Crippen molar-refractivity contribution in [3.05, 3.63) is 34.9 Å². The van der Waals surface area contributed by atoms with Gasteiger partial charge in [-0.3, -0.25) is 9.59 Å². The van der Waals surface area contributed by atoms with Crippen LogP contribution in [-0.4, -0.2) is 37.0 Å². The quantitative estimate of drug-likeness (QED) is 0.782. The van der Waals surface area contributed by atoms with Crippen LogP contribution in [-0.2, 0) is 9.53 Å². The predicted molar refractivity (Wildman–Crippen MR) is 72.1 cm³/mol. The number of nitrogens with zero attached hydrogens (tertiary/aromatic N) is 1. The van der Waals surface area contributed by atoms with Crippen molar-refractivity contribution in [3.63, 3.8) is 0 Å². The highest BCUT2D eigenvalue weighted by atomic mass is 35.5. The lowest BCUT2D eigenvalue weighted by atomic mass is 9.97. The van der Waals surface area contributed by atoms with Crippen molar-refractivity contribution in [1.82, 2.24) is 4.90 Å². The van der Waals surface area contributed by atoms with Crippen LogP contribution >= 0.6 is 11.6 Å². The number of amides is 1. The summed E-state index contributed by atoms with van der Waals surface area (Å²) in [6.45, 7) is 1.10. The molecule has 1 fully saturated rings. The molecule has 1 amide bonds. The molecular formula is C14H16ClNO3. The highest BCUT2D eigenvalue weighted by molar-refractivity contribution is 6.30. The Morgan fingerprint density at radius 3 is 2.63 bits per heavy atom. The van der Waals surface area contributed by atoms with Gasteiger partial charge in [-0.2, -0.15) is 0 Å². The smallest absolute Gasteiger partial charge is 0.310 e. The van der Waals surface area contributed by atoms with Crippen LogP contribution in [0.4, 0.5) is 0 Å². The summed E-state index contributed by atoms with van der Waals surface area (Å²) in [6, 6.07) is 6.78. The molecular weight excluding hydrogens is 266 g/mol. The highest BCUT2D eigenvalue weighted by Crippen LogP contribution is 2.20. The van der Waals surface area contributed by atoms with Gasteiger partial charge >= 0.3 is 5.97 Å². The van der Waals surface area contributed by atoms with Gasteiger partial charge < -0.3 is 9.64 Å². The maximum absolute atomic E-state index is 12.3. The monoisotopic (exact) mass is 281 g/mol. The molecule has 1 saturated heterocycles. The van der Waals surface area contributed by atoms with Gasteiger partial charge in [0.25, 0.3) is 5.91 Å². The molecule has 0 radical (unpaired) electrons. The van der Waals surface area contributed by atoms with Gasteiger partial charge in [0.1, 0.15) is 0 Å². The summed E-state index contributed by atoms with van der Waals surface area (Å²) in [5, 5.41) is 0.600. The summed E-state index contributed by atoms with van der Waals surface area (Å²) < 4.78 is 4.74. The van der Waals surface area contributed by atoms with Crippen molar-refractivity contribution in [1.29, 1.82) is 0 Å². The second-order valence-corrected chi connectivity index (χ2v) is 5.06. The van der Waals surface area contributed by atoms with Crippen LogP contribution < -0.4 is 0 Å². The Kier molecular flexibility index (Phi) is 4.43. The number of rotatable bonds is 2. The van der Waals surface area contributed by atoms with Crippen molar-refractivity contribution in [2.75, 3.05) is 20.2 Å². The van der Waals surface area contributed by atoms with Crippen LogP contribution in [0.2, 0.25) is 5.02 Å². The number of likely N-dealkylation sites (tertiary alicyclic amines) is 1. The molecule has 1 aromatic rings. The number of ether oxygens (including phenoxy) is 1. The number of piperidine rings is 1. The molecule has 2 rings (SSSR count). The van der Waals surface area contributed by atoms with Gasteiger partial charge in [0, 0.05) is 23.7 Å². The molecule has 1 aromatic carbocycles. The van der Waals surface area contributed by atoms with Gasteiger partial charge in [0.15, 0.2) is 0 Å². The van der Waals surface area contributed by atoms with E-state index in [9.17, 15) is 9.59 Å². The molecule has 19 heavy (non-hydrogen) atoms. The van der Waals surface area contributed by atoms with E-state index in [0.717, 1.165) is 12.8 Å². The van der Waals surface area contributed by atoms with Crippen LogP contribution in [0.15, 0.2) is 24.3 Å². The number of hydrogen-bond acceptors (Lipinski definition) is 3. The molecule has 1 aliphatic rings. The minimum absolute atomic E-state index is 0.0646. The van der Waals surface area contributed by atoms with Crippen molar-refractivity contribution < 1.29 is 14.3 Å². The number of esters is 1. The first kappa shape index (κ1) is 13.9. The lowest BCUT2D eigenvalue weighted by Gasteiger charge is -2.31. The molecule has 1 atom stereocenters. The zero-order chi connectivity index (χ0) is 13.8. The Morgan fingerprint density at radius 2 is 2.00 bits per heavy atom. The van der Waals surface area contributed by atoms with E-state index in [2.05, 4.69) is 0 Å². The first-order valence-corrected chi connectivity index (χ1v) is 6.62. The number of benzene rings is 1. The number of carbonyl (C=O) groups is 2. The minimum Gasteiger partial charge on any atom is -0.469 e. The summed E-state index contributed by atoms with van der Waals surface area (Å²) >= 11 is 5.80. The third-order valence-corrected chi connectivity index (χ3v) is 3.59. The van der Waals surface area contributed by atoms with E-state index in [0.29, 0.717) is 23.7 Å². The normalized spacial score (nSPS) is 19.1. The second-order valence-electron chi connectivity index (χ2n) is 4.62. The molecule has 0 N–H and O–H groups in total. The highest BCUT2D eigenvalue weighted by Gasteiger charge is 2.29. The predicted octanol–water partition coefficient (Wildman–Crippen LogP) is 2.37. The zero-order valence-corrected chi connectivity index (χ0v) is 11.5. The van der Waals surface area contributed by atoms with Crippen molar-refractivity contribution in [3.8, 4) is 0 Å². The molecule has 102 valence electrons. The summed E-state index contributed by atoms with van der Waals surface area (Å²) in [5.41, 5.74) is 0.593. The van der Waals surface area contributed by atoms with Gasteiger partial charge in [-0.1, -0.05) is 11.6 Å². The third-order valence-electron chi connectivity index (χ3n) is 3.33. The van der Waals surface area contributed by atoms with Gasteiger partial charge in [-0.15, -0.1) is 0 Å². The molecule has 0 saturated carbocycles. The maximum atomic E-state index is 12.3. The molecule has 0 spiro atoms. The Bertz CT molecular complexity index is 472. The number of hydrogen-bond donors (Lipinski definition) is 0. The topological polar surface area (TPSA) is 46.6 Å². The van der Waals surface area contributed by atoms with Crippen LogP contribution in [0, 0.1) is 5.92 Å². The lowest BCUT2D eigenvalue weighted by molar-refractivity contribution is -0.146. The summed E-state index contributed by atoms with van der Waals surface area (Å²) in [7, 11) is 1.38. The minimum atomic E-state index is -0.242. The van der Waals surface area contributed by atoms with Crippen LogP contribution in [0.1, 0.15) is 23.2 Å². The van der Waals surface area contributed by atoms with Gasteiger partial charge in [-0.25, -0.2) is 0 Å². The maximum Gasteiger partial charge on any atom is 0.310 e. The van der Waals surface area contributed by atoms with Gasteiger partial charge in [-0.05, 0) is 37.1 Å². The number of carbonyl (C=O) groups excluding carboxylic acids is 2. The molecule has 0 unspecified atom stereocenters. The molecule has 0 aliphatic carbocycles. The first-order valence-electron chi connectivity index (χ1n) is 6.24. The van der Waals surface area contributed by atoms with E-state index in [1.54, 1.807) is 29.2 Å². The number of halogens is 1. The lowest BCUT2D eigenvalue weighted by Crippen LogP contribution is -2.42. The molecule has 0 aromatic heterocycles. The SMILES string of the molecule is COC(=O)[C@H]1CCCN(C(=O)c2ccc(Cl)cc2)C1. The van der Waals surface area contributed by atoms with Crippen molar-refractivity contribution in [2.45, 2.75) is 12.8 Å². The van der Waals surface area contributed by atoms with Gasteiger partial charge in [0.2, 0.25) is 0 Å². The zero-order valence-electron chi connectivity index (χ0n) is 10.8. The third kappa shape index (κ3) is 3.26. The summed E-state index contributed by atoms with van der Waals surface area (Å²) in [4.78, 5) is 25.5. The van der Waals surface area contributed by atoms with E-state index >= 15 is 0 Å². The molecule has 5 heteroatoms. The fourth-order valence-corrected chi connectivity index (χ4v) is 2.42. The van der Waals surface area contributed by atoms with Crippen molar-refractivity contribution >= 4 is 23.5 Å². The molecule has 0 bridgehead atoms. The van der Waals surface area contributed by atoms with Gasteiger partial charge in [0.05, 0.1) is 13.0 Å². The molecule has 1 aliphatic heterocycles. The number of methoxy groups -OCH3 is 1. The Balaban J connectivity index is 2.06. The Labute approximate surface area is 117 Å². The van der Waals surface area contributed by atoms with Crippen LogP contribution in [0.25, 0.3) is 0 Å². The average Bonchev–Trinajstić information content (AvgIpc) is 2.46. The van der Waals surface area contributed by atoms with Crippen LogP contribution in [0.3, 0.4) is 0 Å². The Hall–Kier alpha value is -1.55. The van der Waals surface area contributed by atoms with E-state index in [1.165, 1.54) is 7.11 Å². The van der Waals surface area contributed by atoms with E-state index in [4.69, 9.17) is 16.3 Å². The van der Waals surface area contributed by atoms with Crippen molar-refractivity contribution in [2.24, 2.45) is 5.92 Å². The molecule has 4 nitrogen and oxygen atoms in total. The summed E-state index contributed by atoms with van der Waals surface area (Å²) in [5.74, 6) is -0.520. The largest absolute Gasteiger partial charge is 0.469 e. The second kappa shape index (κ2) is 6.06. The fourth-order valence-electron chi connectivity index (χ4n) is 2.30. The molecule has 1 heterocycles. The Morgan fingerprint density at radius 1 is 1.32 bits per heavy atom. The van der Waals surface area contributed by atoms with E-state index in [-0.39, 0.29) is 17.8 Å². The summed E-state index contributed by atoms with van der Waals surface area (Å²) in [6.07, 6.45) is 1.59. The fraction of sp³-hybridized carbons (Fsp3) is 0.429. The van der Waals surface area contributed by atoms with E-state index < -0.39 is 0 Å². The first-order chi connectivity index (χ1) is 9.11.